The minimum absolute atomic E-state index is 0.0160. The number of benzene rings is 1. The van der Waals surface area contributed by atoms with Gasteiger partial charge in [-0.3, -0.25) is 15.1 Å². The smallest absolute Gasteiger partial charge is 0.273 e. The van der Waals surface area contributed by atoms with Gasteiger partial charge in [-0.15, -0.1) is 0 Å². The van der Waals surface area contributed by atoms with E-state index in [1.807, 2.05) is 6.07 Å². The average Bonchev–Trinajstić information content (AvgIpc) is 3.26. The number of pyridine rings is 1. The fourth-order valence-electron chi connectivity index (χ4n) is 3.47. The maximum Gasteiger partial charge on any atom is 0.273 e. The zero-order valence-corrected chi connectivity index (χ0v) is 12.8. The molecule has 1 aromatic carbocycles. The molecule has 1 aromatic heterocycles. The summed E-state index contributed by atoms with van der Waals surface area (Å²) in [4.78, 5) is 17.1. The number of aromatic nitrogens is 1. The zero-order valence-electron chi connectivity index (χ0n) is 12.1. The van der Waals surface area contributed by atoms with Gasteiger partial charge in [-0.25, -0.2) is 0 Å². The van der Waals surface area contributed by atoms with Crippen molar-refractivity contribution >= 4 is 33.9 Å². The van der Waals surface area contributed by atoms with E-state index in [9.17, 15) is 10.1 Å². The molecular formula is C16H16ClN3O2. The summed E-state index contributed by atoms with van der Waals surface area (Å²) in [7, 11) is 0. The number of anilines is 1. The highest BCUT2D eigenvalue weighted by Gasteiger charge is 2.44. The van der Waals surface area contributed by atoms with Crippen molar-refractivity contribution < 1.29 is 4.92 Å². The van der Waals surface area contributed by atoms with Crippen LogP contribution in [-0.4, -0.2) is 23.0 Å². The summed E-state index contributed by atoms with van der Waals surface area (Å²) in [6.45, 7) is 2.04. The lowest BCUT2D eigenvalue weighted by Crippen LogP contribution is -2.34. The van der Waals surface area contributed by atoms with Gasteiger partial charge in [-0.2, -0.15) is 0 Å². The van der Waals surface area contributed by atoms with Crippen molar-refractivity contribution in [3.63, 3.8) is 0 Å². The number of piperidine rings is 1. The molecule has 22 heavy (non-hydrogen) atoms. The topological polar surface area (TPSA) is 59.3 Å². The van der Waals surface area contributed by atoms with Crippen molar-refractivity contribution in [3.05, 3.63) is 39.5 Å². The van der Waals surface area contributed by atoms with Crippen molar-refractivity contribution in [2.24, 2.45) is 5.41 Å². The van der Waals surface area contributed by atoms with E-state index in [2.05, 4.69) is 9.88 Å². The summed E-state index contributed by atoms with van der Waals surface area (Å²) in [6.07, 6.45) is 6.89. The molecule has 1 aliphatic carbocycles. The highest BCUT2D eigenvalue weighted by molar-refractivity contribution is 6.36. The van der Waals surface area contributed by atoms with Crippen LogP contribution in [0.15, 0.2) is 24.4 Å². The summed E-state index contributed by atoms with van der Waals surface area (Å²) in [5.41, 5.74) is 2.23. The fourth-order valence-corrected chi connectivity index (χ4v) is 3.78. The second-order valence-corrected chi connectivity index (χ2v) is 6.80. The molecule has 0 atom stereocenters. The molecule has 1 saturated carbocycles. The molecule has 0 N–H and O–H groups in total. The molecule has 0 unspecified atom stereocenters. The van der Waals surface area contributed by atoms with Crippen LogP contribution in [0.4, 0.5) is 11.4 Å². The van der Waals surface area contributed by atoms with Gasteiger partial charge in [-0.1, -0.05) is 11.6 Å². The van der Waals surface area contributed by atoms with Gasteiger partial charge < -0.3 is 4.90 Å². The predicted octanol–water partition coefficient (Wildman–Crippen LogP) is 4.18. The van der Waals surface area contributed by atoms with E-state index in [0.29, 0.717) is 16.0 Å². The number of non-ortho nitro benzene ring substituents is 1. The Morgan fingerprint density at radius 3 is 2.59 bits per heavy atom. The molecule has 2 aliphatic rings. The molecule has 1 saturated heterocycles. The number of hydrogen-bond acceptors (Lipinski definition) is 4. The molecule has 1 aliphatic heterocycles. The summed E-state index contributed by atoms with van der Waals surface area (Å²) in [6, 6.07) is 4.88. The van der Waals surface area contributed by atoms with Crippen LogP contribution in [0.5, 0.6) is 0 Å². The van der Waals surface area contributed by atoms with Crippen molar-refractivity contribution in [1.29, 1.82) is 0 Å². The van der Waals surface area contributed by atoms with Crippen molar-refractivity contribution in [3.8, 4) is 0 Å². The number of nitro benzene ring substituents is 1. The quantitative estimate of drug-likeness (QED) is 0.616. The molecule has 0 radical (unpaired) electrons. The molecule has 2 aromatic rings. The van der Waals surface area contributed by atoms with Crippen molar-refractivity contribution in [1.82, 2.24) is 4.98 Å². The maximum absolute atomic E-state index is 11.0. The normalized spacial score (nSPS) is 19.6. The molecule has 4 rings (SSSR count). The van der Waals surface area contributed by atoms with Gasteiger partial charge in [0, 0.05) is 42.5 Å². The molecule has 5 nitrogen and oxygen atoms in total. The third kappa shape index (κ3) is 2.20. The highest BCUT2D eigenvalue weighted by Crippen LogP contribution is 2.54. The second kappa shape index (κ2) is 4.81. The molecular weight excluding hydrogens is 302 g/mol. The number of rotatable bonds is 2. The van der Waals surface area contributed by atoms with Crippen LogP contribution in [0.1, 0.15) is 25.7 Å². The van der Waals surface area contributed by atoms with Gasteiger partial charge in [0.05, 0.1) is 15.5 Å². The van der Waals surface area contributed by atoms with Gasteiger partial charge in [0.15, 0.2) is 0 Å². The molecule has 114 valence electrons. The van der Waals surface area contributed by atoms with E-state index >= 15 is 0 Å². The van der Waals surface area contributed by atoms with Crippen LogP contribution in [0, 0.1) is 15.5 Å². The van der Waals surface area contributed by atoms with Gasteiger partial charge in [-0.05, 0) is 37.2 Å². The summed E-state index contributed by atoms with van der Waals surface area (Å²) < 4.78 is 0. The van der Waals surface area contributed by atoms with Crippen LogP contribution in [0.3, 0.4) is 0 Å². The summed E-state index contributed by atoms with van der Waals surface area (Å²) in [5, 5.41) is 12.2. The third-order valence-electron chi connectivity index (χ3n) is 5.09. The van der Waals surface area contributed by atoms with E-state index in [1.165, 1.54) is 37.8 Å². The Hall–Kier alpha value is -1.88. The largest absolute Gasteiger partial charge is 0.371 e. The van der Waals surface area contributed by atoms with Crippen LogP contribution in [0.25, 0.3) is 10.9 Å². The number of fused-ring (bicyclic) bond motifs is 1. The molecule has 2 fully saturated rings. The predicted molar refractivity (Wildman–Crippen MR) is 86.5 cm³/mol. The molecule has 1 spiro atoms. The molecule has 0 bridgehead atoms. The van der Waals surface area contributed by atoms with Crippen molar-refractivity contribution in [2.75, 3.05) is 18.0 Å². The lowest BCUT2D eigenvalue weighted by atomic mass is 9.93. The minimum atomic E-state index is -0.433. The summed E-state index contributed by atoms with van der Waals surface area (Å²) in [5.74, 6) is 0. The first-order chi connectivity index (χ1) is 10.6. The van der Waals surface area contributed by atoms with Crippen LogP contribution in [-0.2, 0) is 0 Å². The van der Waals surface area contributed by atoms with E-state index in [4.69, 9.17) is 11.6 Å². The minimum Gasteiger partial charge on any atom is -0.371 e. The summed E-state index contributed by atoms with van der Waals surface area (Å²) >= 11 is 6.33. The number of hydrogen-bond donors (Lipinski definition) is 0. The maximum atomic E-state index is 11.0. The molecule has 2 heterocycles. The fraction of sp³-hybridized carbons (Fsp3) is 0.438. The first-order valence-corrected chi connectivity index (χ1v) is 7.93. The Labute approximate surface area is 133 Å². The van der Waals surface area contributed by atoms with Crippen molar-refractivity contribution in [2.45, 2.75) is 25.7 Å². The average molecular weight is 318 g/mol. The van der Waals surface area contributed by atoms with Crippen LogP contribution >= 0.6 is 11.6 Å². The standard InChI is InChI=1S/C16H16ClN3O2/c17-12-9-11(20(21)22)10-13-15(12)14(1-6-18-13)19-7-4-16(2-3-16)5-8-19/h1,6,9-10H,2-5,7-8H2. The number of nitro groups is 1. The SMILES string of the molecule is O=[N+]([O-])c1cc(Cl)c2c(N3CCC4(CC3)CC4)ccnc2c1. The number of nitrogens with zero attached hydrogens (tertiary/aromatic N) is 3. The second-order valence-electron chi connectivity index (χ2n) is 6.40. The zero-order chi connectivity index (χ0) is 15.3. The Morgan fingerprint density at radius 1 is 1.23 bits per heavy atom. The van der Waals surface area contributed by atoms with Gasteiger partial charge in [0.1, 0.15) is 0 Å². The highest BCUT2D eigenvalue weighted by atomic mass is 35.5. The Kier molecular flexibility index (Phi) is 3.01. The van der Waals surface area contributed by atoms with E-state index in [1.54, 1.807) is 6.20 Å². The Balaban J connectivity index is 1.76. The Bertz CT molecular complexity index is 763. The Morgan fingerprint density at radius 2 is 1.95 bits per heavy atom. The van der Waals surface area contributed by atoms with Crippen LogP contribution in [0.2, 0.25) is 5.02 Å². The van der Waals surface area contributed by atoms with E-state index < -0.39 is 4.92 Å². The molecule has 0 amide bonds. The first kappa shape index (κ1) is 13.8. The lowest BCUT2D eigenvalue weighted by molar-refractivity contribution is -0.384. The monoisotopic (exact) mass is 317 g/mol. The van der Waals surface area contributed by atoms with Crippen LogP contribution < -0.4 is 4.90 Å². The lowest BCUT2D eigenvalue weighted by Gasteiger charge is -2.34. The van der Waals surface area contributed by atoms with E-state index in [-0.39, 0.29) is 5.69 Å². The van der Waals surface area contributed by atoms with Gasteiger partial charge in [0.25, 0.3) is 5.69 Å². The number of halogens is 1. The first-order valence-electron chi connectivity index (χ1n) is 7.56. The van der Waals surface area contributed by atoms with Gasteiger partial charge in [0.2, 0.25) is 0 Å². The molecule has 6 heteroatoms. The third-order valence-corrected chi connectivity index (χ3v) is 5.39. The van der Waals surface area contributed by atoms with Gasteiger partial charge >= 0.3 is 0 Å². The van der Waals surface area contributed by atoms with E-state index in [0.717, 1.165) is 24.2 Å².